The van der Waals surface area contributed by atoms with Crippen LogP contribution >= 0.6 is 38.6 Å². The first kappa shape index (κ1) is 22.9. The van der Waals surface area contributed by atoms with Gasteiger partial charge in [-0.05, 0) is 72.2 Å². The molecule has 5 aromatic rings. The predicted molar refractivity (Wildman–Crippen MR) is 154 cm³/mol. The van der Waals surface area contributed by atoms with E-state index in [0.29, 0.717) is 10.3 Å². The Balaban J connectivity index is 1.38. The minimum absolute atomic E-state index is 0.0259. The molecule has 0 saturated heterocycles. The van der Waals surface area contributed by atoms with E-state index in [1.807, 2.05) is 28.8 Å². The van der Waals surface area contributed by atoms with E-state index in [0.717, 1.165) is 39.1 Å². The first-order valence-electron chi connectivity index (χ1n) is 12.1. The minimum atomic E-state index is -0.127. The van der Waals surface area contributed by atoms with Crippen molar-refractivity contribution in [3.63, 3.8) is 0 Å². The molecule has 7 rings (SSSR count). The number of furan rings is 1. The number of hydrogen-bond acceptors (Lipinski definition) is 5. The first-order chi connectivity index (χ1) is 18.1. The number of nitrogens with zero attached hydrogens (tertiary/aromatic N) is 2. The molecule has 0 amide bonds. The fraction of sp³-hybridized carbons (Fsp3) is 0.133. The number of fused-ring (bicyclic) bond motifs is 3. The first-order valence-corrected chi connectivity index (χ1v) is 14.6. The summed E-state index contributed by atoms with van der Waals surface area (Å²) in [5.74, 6) is 1.41. The van der Waals surface area contributed by atoms with Gasteiger partial charge in [-0.2, -0.15) is 0 Å². The van der Waals surface area contributed by atoms with Crippen molar-refractivity contribution in [3.05, 3.63) is 129 Å². The number of rotatable bonds is 3. The number of thiazole rings is 1. The molecule has 37 heavy (non-hydrogen) atoms. The van der Waals surface area contributed by atoms with Crippen LogP contribution in [0, 0.1) is 6.92 Å². The molecule has 0 fully saturated rings. The van der Waals surface area contributed by atoms with Crippen LogP contribution in [0.3, 0.4) is 0 Å². The third kappa shape index (κ3) is 3.84. The van der Waals surface area contributed by atoms with Crippen LogP contribution in [0.25, 0.3) is 23.1 Å². The van der Waals surface area contributed by atoms with Crippen LogP contribution in [0.2, 0.25) is 0 Å². The van der Waals surface area contributed by atoms with Gasteiger partial charge >= 0.3 is 0 Å². The molecule has 0 N–H and O–H groups in total. The molecule has 0 spiro atoms. The largest absolute Gasteiger partial charge is 0.457 e. The zero-order valence-electron chi connectivity index (χ0n) is 19.9. The minimum Gasteiger partial charge on any atom is -0.457 e. The highest BCUT2D eigenvalue weighted by Gasteiger charge is 2.33. The summed E-state index contributed by atoms with van der Waals surface area (Å²) in [7, 11) is 0. The number of aryl methyl sites for hydroxylation is 2. The molecule has 1 atom stereocenters. The summed E-state index contributed by atoms with van der Waals surface area (Å²) in [6.45, 7) is 2.06. The molecule has 4 nitrogen and oxygen atoms in total. The van der Waals surface area contributed by atoms with Crippen LogP contribution in [0.5, 0.6) is 0 Å². The monoisotopic (exact) mass is 584 g/mol. The maximum Gasteiger partial charge on any atom is 0.271 e. The number of aromatic nitrogens is 1. The second-order valence-electron chi connectivity index (χ2n) is 9.31. The van der Waals surface area contributed by atoms with E-state index in [2.05, 4.69) is 76.8 Å². The second kappa shape index (κ2) is 8.94. The molecule has 7 heteroatoms. The molecular weight excluding hydrogens is 564 g/mol. The Kier molecular flexibility index (Phi) is 5.53. The lowest BCUT2D eigenvalue weighted by atomic mass is 9.85. The summed E-state index contributed by atoms with van der Waals surface area (Å²) in [4.78, 5) is 20.8. The van der Waals surface area contributed by atoms with Crippen molar-refractivity contribution in [1.82, 2.24) is 4.57 Å². The van der Waals surface area contributed by atoms with E-state index >= 15 is 0 Å². The third-order valence-electron chi connectivity index (χ3n) is 6.98. The second-order valence-corrected chi connectivity index (χ2v) is 12.2. The van der Waals surface area contributed by atoms with Crippen molar-refractivity contribution in [2.24, 2.45) is 4.99 Å². The Labute approximate surface area is 229 Å². The summed E-state index contributed by atoms with van der Waals surface area (Å²) < 4.78 is 9.64. The Hall–Kier alpha value is -3.26. The average Bonchev–Trinajstić information content (AvgIpc) is 3.65. The van der Waals surface area contributed by atoms with E-state index in [1.165, 1.54) is 38.5 Å². The lowest BCUT2D eigenvalue weighted by molar-refractivity contribution is 0.570. The molecule has 0 saturated carbocycles. The van der Waals surface area contributed by atoms with Gasteiger partial charge in [0.2, 0.25) is 0 Å². The highest BCUT2D eigenvalue weighted by atomic mass is 79.9. The average molecular weight is 586 g/mol. The number of thiophene rings is 1. The highest BCUT2D eigenvalue weighted by Crippen LogP contribution is 2.42. The summed E-state index contributed by atoms with van der Waals surface area (Å²) in [6, 6.07) is 22.6. The van der Waals surface area contributed by atoms with Gasteiger partial charge in [0.05, 0.1) is 16.3 Å². The van der Waals surface area contributed by atoms with Crippen LogP contribution in [0.15, 0.2) is 96.4 Å². The van der Waals surface area contributed by atoms with Gasteiger partial charge in [-0.1, -0.05) is 63.7 Å². The topological polar surface area (TPSA) is 47.5 Å². The van der Waals surface area contributed by atoms with Gasteiger partial charge in [0, 0.05) is 26.6 Å². The van der Waals surface area contributed by atoms with Crippen LogP contribution in [-0.4, -0.2) is 4.57 Å². The SMILES string of the molecule is Cc1ccc(-c2ccc(/C=c3\sc4n(c3=O)[C@@H](c3cccs3)C3=C(N=4)c4ccccc4CC3)o2)c(Br)c1. The normalized spacial score (nSPS) is 16.8. The molecule has 182 valence electrons. The Morgan fingerprint density at radius 1 is 1.05 bits per heavy atom. The van der Waals surface area contributed by atoms with Gasteiger partial charge in [-0.15, -0.1) is 11.3 Å². The van der Waals surface area contributed by atoms with E-state index < -0.39 is 0 Å². The van der Waals surface area contributed by atoms with Crippen molar-refractivity contribution in [1.29, 1.82) is 0 Å². The zero-order chi connectivity index (χ0) is 25.1. The van der Waals surface area contributed by atoms with Crippen molar-refractivity contribution in [2.75, 3.05) is 0 Å². The Morgan fingerprint density at radius 2 is 1.95 bits per heavy atom. The molecule has 0 bridgehead atoms. The van der Waals surface area contributed by atoms with E-state index in [4.69, 9.17) is 9.41 Å². The predicted octanol–water partition coefficient (Wildman–Crippen LogP) is 6.71. The molecule has 2 aromatic carbocycles. The van der Waals surface area contributed by atoms with Crippen LogP contribution in [-0.2, 0) is 6.42 Å². The number of allylic oxidation sites excluding steroid dienone is 1. The molecule has 1 aliphatic carbocycles. The van der Waals surface area contributed by atoms with E-state index in [1.54, 1.807) is 11.3 Å². The number of benzene rings is 2. The lowest BCUT2D eigenvalue weighted by Gasteiger charge is -2.30. The quantitative estimate of drug-likeness (QED) is 0.236. The molecule has 2 aliphatic rings. The van der Waals surface area contributed by atoms with Crippen LogP contribution in [0.1, 0.15) is 39.8 Å². The molecular formula is C30H21BrN2O2S2. The summed E-state index contributed by atoms with van der Waals surface area (Å²) in [6.07, 6.45) is 3.70. The van der Waals surface area contributed by atoms with Gasteiger partial charge in [0.1, 0.15) is 11.5 Å². The Morgan fingerprint density at radius 3 is 2.78 bits per heavy atom. The molecule has 1 aliphatic heterocycles. The maximum atomic E-state index is 13.8. The van der Waals surface area contributed by atoms with Gasteiger partial charge in [0.15, 0.2) is 4.80 Å². The van der Waals surface area contributed by atoms with Crippen molar-refractivity contribution >= 4 is 50.4 Å². The van der Waals surface area contributed by atoms with Crippen molar-refractivity contribution in [2.45, 2.75) is 25.8 Å². The summed E-state index contributed by atoms with van der Waals surface area (Å²) >= 11 is 6.76. The van der Waals surface area contributed by atoms with E-state index in [9.17, 15) is 4.79 Å². The highest BCUT2D eigenvalue weighted by molar-refractivity contribution is 9.10. The van der Waals surface area contributed by atoms with E-state index in [-0.39, 0.29) is 11.6 Å². The van der Waals surface area contributed by atoms with Crippen LogP contribution < -0.4 is 14.9 Å². The number of hydrogen-bond donors (Lipinski definition) is 0. The number of halogens is 1. The molecule has 0 unspecified atom stereocenters. The molecule has 4 heterocycles. The lowest BCUT2D eigenvalue weighted by Crippen LogP contribution is -2.38. The van der Waals surface area contributed by atoms with Gasteiger partial charge in [-0.3, -0.25) is 9.36 Å². The fourth-order valence-corrected chi connectivity index (χ4v) is 7.76. The third-order valence-corrected chi connectivity index (χ3v) is 9.54. The molecule has 0 radical (unpaired) electrons. The van der Waals surface area contributed by atoms with Crippen molar-refractivity contribution in [3.8, 4) is 11.3 Å². The zero-order valence-corrected chi connectivity index (χ0v) is 23.1. The maximum absolute atomic E-state index is 13.8. The van der Waals surface area contributed by atoms with Gasteiger partial charge < -0.3 is 4.42 Å². The molecule has 3 aromatic heterocycles. The Bertz CT molecular complexity index is 1890. The summed E-state index contributed by atoms with van der Waals surface area (Å²) in [5, 5.41) is 2.08. The fourth-order valence-electron chi connectivity index (χ4n) is 5.24. The standard InChI is InChI=1S/C30H21BrN2O2S2/c1-17-8-11-21(23(31)15-17)24-13-10-19(35-24)16-26-29(34)33-28(25-7-4-14-36-25)22-12-9-18-5-2-3-6-20(18)27(22)32-30(33)37-26/h2-8,10-11,13-16,28H,9,12H2,1H3/b26-16-/t28-/m1/s1. The van der Waals surface area contributed by atoms with Gasteiger partial charge in [-0.25, -0.2) is 4.99 Å². The van der Waals surface area contributed by atoms with Crippen LogP contribution in [0.4, 0.5) is 0 Å². The van der Waals surface area contributed by atoms with Crippen molar-refractivity contribution < 1.29 is 4.42 Å². The van der Waals surface area contributed by atoms with Gasteiger partial charge in [0.25, 0.3) is 5.56 Å². The summed E-state index contributed by atoms with van der Waals surface area (Å²) in [5.41, 5.74) is 6.88. The smallest absolute Gasteiger partial charge is 0.271 e.